The topological polar surface area (TPSA) is 25.5 Å². The largest absolute Gasteiger partial charge is 0.469 e. The Morgan fingerprint density at radius 1 is 0.923 bits per heavy atom. The average molecular weight is 522 g/mol. The van der Waals surface area contributed by atoms with E-state index in [1.54, 1.807) is 6.26 Å². The van der Waals surface area contributed by atoms with Crippen LogP contribution in [0.2, 0.25) is 0 Å². The molecule has 0 radical (unpaired) electrons. The van der Waals surface area contributed by atoms with Crippen molar-refractivity contribution in [1.82, 2.24) is 0 Å². The van der Waals surface area contributed by atoms with E-state index < -0.39 is 0 Å². The average Bonchev–Trinajstić information content (AvgIpc) is 3.45. The van der Waals surface area contributed by atoms with Gasteiger partial charge in [0.1, 0.15) is 5.76 Å². The van der Waals surface area contributed by atoms with E-state index in [-0.39, 0.29) is 5.92 Å². The molecule has 2 atom stereocenters. The number of nitrogens with zero attached hydrogens (tertiary/aromatic N) is 1. The van der Waals surface area contributed by atoms with Gasteiger partial charge in [-0.1, -0.05) is 107 Å². The zero-order valence-corrected chi connectivity index (χ0v) is 25.0. The zero-order chi connectivity index (χ0) is 28.2. The summed E-state index contributed by atoms with van der Waals surface area (Å²) in [4.78, 5) is 4.85. The van der Waals surface area contributed by atoms with Crippen LogP contribution in [-0.4, -0.2) is 12.8 Å². The molecule has 2 heteroatoms. The van der Waals surface area contributed by atoms with Crippen molar-refractivity contribution >= 4 is 5.71 Å². The maximum atomic E-state index is 5.85. The summed E-state index contributed by atoms with van der Waals surface area (Å²) in [5.41, 5.74) is 10.5. The fourth-order valence-electron chi connectivity index (χ4n) is 5.55. The Morgan fingerprint density at radius 3 is 2.21 bits per heavy atom. The molecule has 1 aliphatic rings. The van der Waals surface area contributed by atoms with Gasteiger partial charge in [-0.3, -0.25) is 4.99 Å². The lowest BCUT2D eigenvalue weighted by atomic mass is 9.85. The highest BCUT2D eigenvalue weighted by Gasteiger charge is 2.29. The summed E-state index contributed by atoms with van der Waals surface area (Å²) in [6.45, 7) is 15.3. The number of aryl methyl sites for hydroxylation is 1. The lowest BCUT2D eigenvalue weighted by molar-refractivity contribution is 0.465. The molecular weight excluding hydrogens is 474 g/mol. The summed E-state index contributed by atoms with van der Waals surface area (Å²) >= 11 is 0. The smallest absolute Gasteiger partial charge is 0.110 e. The minimum atomic E-state index is 0.229. The number of aliphatic imine (C=N–C) groups is 1. The van der Waals surface area contributed by atoms with Crippen molar-refractivity contribution < 1.29 is 4.42 Å². The van der Waals surface area contributed by atoms with Gasteiger partial charge in [-0.05, 0) is 84.9 Å². The molecular formula is C37H47NO. The van der Waals surface area contributed by atoms with Crippen LogP contribution in [0.15, 0.2) is 117 Å². The van der Waals surface area contributed by atoms with Gasteiger partial charge in [0, 0.05) is 24.3 Å². The van der Waals surface area contributed by atoms with E-state index in [1.807, 2.05) is 27.0 Å². The van der Waals surface area contributed by atoms with Crippen molar-refractivity contribution in [2.24, 2.45) is 10.9 Å². The molecule has 1 aliphatic carbocycles. The molecule has 1 heterocycles. The predicted molar refractivity (Wildman–Crippen MR) is 169 cm³/mol. The number of benzene rings is 2. The minimum absolute atomic E-state index is 0.229. The van der Waals surface area contributed by atoms with Gasteiger partial charge in [0.25, 0.3) is 0 Å². The lowest BCUT2D eigenvalue weighted by Gasteiger charge is -2.21. The van der Waals surface area contributed by atoms with E-state index in [2.05, 4.69) is 94.1 Å². The standard InChI is InChI=1S/C35H41NO.C2H6/c1-6-11-25(2)32-24-31(33-14-10-21-37-33)22-27(4)35(36-5)34(32)26(3)15-16-28-17-19-30(20-18-28)23-29-12-8-7-9-13-29;1-2/h7-10,12-14,17-21,24,27,31H,2,6,11,15-16,22-23H2,1,3-5H3;1-2H3/b34-26-,36-35?;. The van der Waals surface area contributed by atoms with E-state index in [0.29, 0.717) is 5.92 Å². The highest BCUT2D eigenvalue weighted by molar-refractivity contribution is 6.07. The first-order valence-electron chi connectivity index (χ1n) is 14.7. The number of furan rings is 1. The van der Waals surface area contributed by atoms with Crippen molar-refractivity contribution in [3.8, 4) is 0 Å². The molecule has 2 unspecified atom stereocenters. The highest BCUT2D eigenvalue weighted by Crippen LogP contribution is 2.39. The Kier molecular flexibility index (Phi) is 11.8. The van der Waals surface area contributed by atoms with Crippen LogP contribution in [0.4, 0.5) is 0 Å². The highest BCUT2D eigenvalue weighted by atomic mass is 16.3. The fourth-order valence-corrected chi connectivity index (χ4v) is 5.55. The van der Waals surface area contributed by atoms with E-state index in [1.165, 1.54) is 44.7 Å². The SMILES string of the molecule is C=C(CCC)C1=CC(c2ccco2)CC(C)C(=NC)/C1=C(/C)CCc1ccc(Cc2ccccc2)cc1.CC. The van der Waals surface area contributed by atoms with Crippen molar-refractivity contribution in [3.63, 3.8) is 0 Å². The molecule has 0 fully saturated rings. The van der Waals surface area contributed by atoms with Crippen LogP contribution in [0, 0.1) is 5.92 Å². The Balaban J connectivity index is 0.00000205. The van der Waals surface area contributed by atoms with Crippen LogP contribution < -0.4 is 0 Å². The van der Waals surface area contributed by atoms with E-state index >= 15 is 0 Å². The van der Waals surface area contributed by atoms with E-state index in [0.717, 1.165) is 44.3 Å². The van der Waals surface area contributed by atoms with Gasteiger partial charge in [0.2, 0.25) is 0 Å². The molecule has 0 saturated heterocycles. The van der Waals surface area contributed by atoms with Crippen LogP contribution >= 0.6 is 0 Å². The second-order valence-corrected chi connectivity index (χ2v) is 10.4. The monoisotopic (exact) mass is 521 g/mol. The Morgan fingerprint density at radius 2 is 1.59 bits per heavy atom. The van der Waals surface area contributed by atoms with Gasteiger partial charge in [-0.25, -0.2) is 0 Å². The summed E-state index contributed by atoms with van der Waals surface area (Å²) in [5, 5.41) is 0. The molecule has 2 nitrogen and oxygen atoms in total. The summed E-state index contributed by atoms with van der Waals surface area (Å²) in [6.07, 6.45) is 10.2. The molecule has 0 saturated carbocycles. The molecule has 4 rings (SSSR count). The molecule has 0 amide bonds. The predicted octanol–water partition coefficient (Wildman–Crippen LogP) is 10.3. The first-order valence-corrected chi connectivity index (χ1v) is 14.7. The van der Waals surface area contributed by atoms with Gasteiger partial charge >= 0.3 is 0 Å². The lowest BCUT2D eigenvalue weighted by Crippen LogP contribution is -2.17. The molecule has 0 spiro atoms. The van der Waals surface area contributed by atoms with Gasteiger partial charge in [0.15, 0.2) is 0 Å². The Bertz CT molecular complexity index is 1260. The third-order valence-electron chi connectivity index (χ3n) is 7.54. The van der Waals surface area contributed by atoms with Gasteiger partial charge in [-0.2, -0.15) is 0 Å². The summed E-state index contributed by atoms with van der Waals surface area (Å²) in [6, 6.07) is 23.9. The Hall–Kier alpha value is -3.39. The normalized spacial score (nSPS) is 19.5. The van der Waals surface area contributed by atoms with Gasteiger partial charge in [0.05, 0.1) is 6.26 Å². The van der Waals surface area contributed by atoms with Crippen molar-refractivity contribution in [2.45, 2.75) is 79.1 Å². The Labute approximate surface area is 237 Å². The maximum absolute atomic E-state index is 5.85. The minimum Gasteiger partial charge on any atom is -0.469 e. The third-order valence-corrected chi connectivity index (χ3v) is 7.54. The van der Waals surface area contributed by atoms with Crippen LogP contribution in [0.3, 0.4) is 0 Å². The first kappa shape index (κ1) is 30.2. The molecule has 1 aromatic heterocycles. The summed E-state index contributed by atoms with van der Waals surface area (Å²) in [7, 11) is 1.94. The van der Waals surface area contributed by atoms with Crippen LogP contribution in [0.1, 0.15) is 88.7 Å². The second kappa shape index (κ2) is 15.3. The summed E-state index contributed by atoms with van der Waals surface area (Å²) in [5.74, 6) is 1.59. The molecule has 3 aromatic rings. The van der Waals surface area contributed by atoms with Crippen molar-refractivity contribution in [1.29, 1.82) is 0 Å². The fraction of sp³-hybridized carbons (Fsp3) is 0.378. The maximum Gasteiger partial charge on any atom is 0.110 e. The van der Waals surface area contributed by atoms with Crippen LogP contribution in [0.5, 0.6) is 0 Å². The van der Waals surface area contributed by atoms with Gasteiger partial charge in [-0.15, -0.1) is 0 Å². The molecule has 2 aromatic carbocycles. The van der Waals surface area contributed by atoms with Crippen molar-refractivity contribution in [2.75, 3.05) is 7.05 Å². The zero-order valence-electron chi connectivity index (χ0n) is 25.0. The molecule has 206 valence electrons. The summed E-state index contributed by atoms with van der Waals surface area (Å²) < 4.78 is 5.85. The molecule has 0 bridgehead atoms. The third kappa shape index (κ3) is 8.05. The van der Waals surface area contributed by atoms with Crippen molar-refractivity contribution in [3.05, 3.63) is 130 Å². The quantitative estimate of drug-likeness (QED) is 0.275. The van der Waals surface area contributed by atoms with Crippen LogP contribution in [0.25, 0.3) is 0 Å². The number of hydrogen-bond acceptors (Lipinski definition) is 2. The number of rotatable bonds is 9. The molecule has 39 heavy (non-hydrogen) atoms. The van der Waals surface area contributed by atoms with E-state index in [9.17, 15) is 0 Å². The van der Waals surface area contributed by atoms with Gasteiger partial charge < -0.3 is 4.42 Å². The first-order chi connectivity index (χ1) is 19.0. The number of hydrogen-bond donors (Lipinski definition) is 0. The van der Waals surface area contributed by atoms with Crippen LogP contribution in [-0.2, 0) is 12.8 Å². The molecule has 0 N–H and O–H groups in total. The molecule has 0 aliphatic heterocycles. The second-order valence-electron chi connectivity index (χ2n) is 10.4. The number of allylic oxidation sites excluding steroid dienone is 5. The van der Waals surface area contributed by atoms with E-state index in [4.69, 9.17) is 9.41 Å².